The Bertz CT molecular complexity index is 506. The Kier molecular flexibility index (Phi) is 4.79. The maximum Gasteiger partial charge on any atom is 0.150 e. The Morgan fingerprint density at radius 3 is 2.82 bits per heavy atom. The van der Waals surface area contributed by atoms with Gasteiger partial charge in [0.2, 0.25) is 0 Å². The molecule has 1 rings (SSSR count). The van der Waals surface area contributed by atoms with Crippen LogP contribution in [0.5, 0.6) is 0 Å². The first-order chi connectivity index (χ1) is 8.10. The van der Waals surface area contributed by atoms with Gasteiger partial charge in [-0.1, -0.05) is 36.4 Å². The van der Waals surface area contributed by atoms with Crippen LogP contribution >= 0.6 is 11.6 Å². The molecule has 88 valence electrons. The summed E-state index contributed by atoms with van der Waals surface area (Å²) in [4.78, 5) is 14.4. The zero-order chi connectivity index (χ0) is 12.8. The highest BCUT2D eigenvalue weighted by atomic mass is 35.5. The van der Waals surface area contributed by atoms with Crippen LogP contribution < -0.4 is 0 Å². The van der Waals surface area contributed by atoms with E-state index in [1.165, 1.54) is 12.3 Å². The van der Waals surface area contributed by atoms with E-state index in [0.29, 0.717) is 17.5 Å². The lowest BCUT2D eigenvalue weighted by Gasteiger charge is -2.04. The van der Waals surface area contributed by atoms with E-state index >= 15 is 0 Å². The summed E-state index contributed by atoms with van der Waals surface area (Å²) < 4.78 is 13.3. The number of aldehydes is 1. The van der Waals surface area contributed by atoms with Gasteiger partial charge in [0.15, 0.2) is 6.29 Å². The van der Waals surface area contributed by atoms with Crippen LogP contribution in [0.15, 0.2) is 41.4 Å². The maximum atomic E-state index is 13.3. The number of carbonyl (C=O) groups is 1. The highest BCUT2D eigenvalue weighted by Crippen LogP contribution is 2.27. The highest BCUT2D eigenvalue weighted by Gasteiger charge is 2.08. The van der Waals surface area contributed by atoms with E-state index < -0.39 is 5.82 Å². The first-order valence-corrected chi connectivity index (χ1v) is 5.26. The molecular weight excluding hydrogens is 241 g/mol. The Balaban J connectivity index is 3.12. The predicted octanol–water partition coefficient (Wildman–Crippen LogP) is 3.67. The lowest BCUT2D eigenvalue weighted by atomic mass is 10.1. The van der Waals surface area contributed by atoms with Crippen molar-refractivity contribution in [1.29, 1.82) is 0 Å². The van der Waals surface area contributed by atoms with Crippen LogP contribution in [0.1, 0.15) is 12.5 Å². The molecule has 0 fully saturated rings. The molecule has 0 aromatic heterocycles. The molecule has 0 atom stereocenters. The van der Waals surface area contributed by atoms with E-state index in [-0.39, 0.29) is 10.6 Å². The number of halogens is 2. The van der Waals surface area contributed by atoms with Crippen molar-refractivity contribution in [3.05, 3.63) is 52.8 Å². The fourth-order valence-corrected chi connectivity index (χ4v) is 1.41. The molecule has 0 aliphatic heterocycles. The van der Waals surface area contributed by atoms with E-state index in [4.69, 9.17) is 11.6 Å². The predicted molar refractivity (Wildman–Crippen MR) is 68.8 cm³/mol. The molecular formula is C13H11ClFNO. The number of allylic oxidation sites excluding steroid dienone is 2. The summed E-state index contributed by atoms with van der Waals surface area (Å²) in [6.07, 6.45) is 3.57. The third kappa shape index (κ3) is 3.36. The molecule has 0 heterocycles. The summed E-state index contributed by atoms with van der Waals surface area (Å²) in [5, 5.41) is 0.00876. The number of carbonyl (C=O) groups excluding carboxylic acids is 1. The molecule has 0 saturated heterocycles. The summed E-state index contributed by atoms with van der Waals surface area (Å²) in [5.41, 5.74) is 1.19. The van der Waals surface area contributed by atoms with Crippen LogP contribution in [0, 0.1) is 5.82 Å². The second kappa shape index (κ2) is 6.11. The second-order valence-electron chi connectivity index (χ2n) is 3.23. The fraction of sp³-hybridized carbons (Fsp3) is 0.0769. The molecule has 0 spiro atoms. The third-order valence-electron chi connectivity index (χ3n) is 2.02. The molecule has 0 aliphatic rings. The van der Waals surface area contributed by atoms with E-state index in [9.17, 15) is 9.18 Å². The SMILES string of the molecule is C=C(C=O)C=N/C(=C\C)c1cccc(F)c1Cl. The molecule has 1 aromatic carbocycles. The molecule has 2 nitrogen and oxygen atoms in total. The molecule has 0 N–H and O–H groups in total. The number of benzene rings is 1. The van der Waals surface area contributed by atoms with Gasteiger partial charge in [-0.25, -0.2) is 4.39 Å². The second-order valence-corrected chi connectivity index (χ2v) is 3.60. The van der Waals surface area contributed by atoms with E-state index in [0.717, 1.165) is 0 Å². The van der Waals surface area contributed by atoms with Crippen molar-refractivity contribution in [1.82, 2.24) is 0 Å². The summed E-state index contributed by atoms with van der Waals surface area (Å²) in [7, 11) is 0. The summed E-state index contributed by atoms with van der Waals surface area (Å²) >= 11 is 5.83. The lowest BCUT2D eigenvalue weighted by molar-refractivity contribution is -0.104. The summed E-state index contributed by atoms with van der Waals surface area (Å²) in [5.74, 6) is -0.507. The van der Waals surface area contributed by atoms with Gasteiger partial charge < -0.3 is 0 Å². The minimum absolute atomic E-state index is 0.00876. The molecule has 4 heteroatoms. The zero-order valence-corrected chi connectivity index (χ0v) is 10.0. The van der Waals surface area contributed by atoms with Gasteiger partial charge in [0.05, 0.1) is 10.7 Å². The van der Waals surface area contributed by atoms with Crippen LogP contribution in [0.2, 0.25) is 5.02 Å². The van der Waals surface area contributed by atoms with Crippen molar-refractivity contribution < 1.29 is 9.18 Å². The van der Waals surface area contributed by atoms with Crippen LogP contribution in [-0.2, 0) is 4.79 Å². The van der Waals surface area contributed by atoms with Crippen molar-refractivity contribution in [2.24, 2.45) is 4.99 Å². The number of rotatable bonds is 4. The van der Waals surface area contributed by atoms with E-state index in [1.807, 2.05) is 0 Å². The van der Waals surface area contributed by atoms with Crippen molar-refractivity contribution in [2.45, 2.75) is 6.92 Å². The van der Waals surface area contributed by atoms with Crippen molar-refractivity contribution in [3.63, 3.8) is 0 Å². The quantitative estimate of drug-likeness (QED) is 0.456. The van der Waals surface area contributed by atoms with Gasteiger partial charge in [-0.2, -0.15) is 0 Å². The number of hydrogen-bond acceptors (Lipinski definition) is 2. The number of aliphatic imine (C=N–C) groups is 1. The summed E-state index contributed by atoms with van der Waals surface area (Å²) in [6, 6.07) is 4.47. The Labute approximate surface area is 104 Å². The molecule has 0 radical (unpaired) electrons. The van der Waals surface area contributed by atoms with Gasteiger partial charge in [-0.05, 0) is 13.0 Å². The third-order valence-corrected chi connectivity index (χ3v) is 2.41. The fourth-order valence-electron chi connectivity index (χ4n) is 1.18. The largest absolute Gasteiger partial charge is 0.298 e. The van der Waals surface area contributed by atoms with Gasteiger partial charge in [0.1, 0.15) is 5.82 Å². The zero-order valence-electron chi connectivity index (χ0n) is 9.28. The van der Waals surface area contributed by atoms with Gasteiger partial charge in [-0.15, -0.1) is 0 Å². The Morgan fingerprint density at radius 1 is 1.53 bits per heavy atom. The van der Waals surface area contributed by atoms with Gasteiger partial charge in [0.25, 0.3) is 0 Å². The highest BCUT2D eigenvalue weighted by molar-refractivity contribution is 6.32. The van der Waals surface area contributed by atoms with Gasteiger partial charge in [-0.3, -0.25) is 9.79 Å². The van der Waals surface area contributed by atoms with Crippen LogP contribution in [0.3, 0.4) is 0 Å². The lowest BCUT2D eigenvalue weighted by Crippen LogP contribution is -1.89. The molecule has 0 bridgehead atoms. The topological polar surface area (TPSA) is 29.4 Å². The average Bonchev–Trinajstić information content (AvgIpc) is 2.34. The average molecular weight is 252 g/mol. The maximum absolute atomic E-state index is 13.3. The van der Waals surface area contributed by atoms with Crippen molar-refractivity contribution >= 4 is 29.8 Å². The van der Waals surface area contributed by atoms with Crippen molar-refractivity contribution in [3.8, 4) is 0 Å². The molecule has 17 heavy (non-hydrogen) atoms. The monoisotopic (exact) mass is 251 g/mol. The molecule has 0 unspecified atom stereocenters. The van der Waals surface area contributed by atoms with Crippen molar-refractivity contribution in [2.75, 3.05) is 0 Å². The first kappa shape index (κ1) is 13.3. The standard InChI is InChI=1S/C13H11ClFNO/c1-3-12(16-7-9(2)8-17)10-5-4-6-11(15)13(10)14/h3-8H,2H2,1H3/b12-3-,16-7?. The smallest absolute Gasteiger partial charge is 0.150 e. The Hall–Kier alpha value is -1.74. The first-order valence-electron chi connectivity index (χ1n) is 4.89. The van der Waals surface area contributed by atoms with Crippen LogP contribution in [0.25, 0.3) is 5.70 Å². The Morgan fingerprint density at radius 2 is 2.24 bits per heavy atom. The molecule has 0 amide bonds. The number of hydrogen-bond donors (Lipinski definition) is 0. The normalized spacial score (nSPS) is 11.8. The van der Waals surface area contributed by atoms with Gasteiger partial charge >= 0.3 is 0 Å². The minimum Gasteiger partial charge on any atom is -0.298 e. The van der Waals surface area contributed by atoms with E-state index in [2.05, 4.69) is 11.6 Å². The van der Waals surface area contributed by atoms with Crippen LogP contribution in [-0.4, -0.2) is 12.5 Å². The minimum atomic E-state index is -0.507. The van der Waals surface area contributed by atoms with E-state index in [1.54, 1.807) is 25.1 Å². The molecule has 0 saturated carbocycles. The molecule has 0 aliphatic carbocycles. The van der Waals surface area contributed by atoms with Gasteiger partial charge in [0, 0.05) is 17.4 Å². The number of nitrogens with zero attached hydrogens (tertiary/aromatic N) is 1. The van der Waals surface area contributed by atoms with Crippen LogP contribution in [0.4, 0.5) is 4.39 Å². The molecule has 1 aromatic rings. The summed E-state index contributed by atoms with van der Waals surface area (Å²) in [6.45, 7) is 5.21.